The van der Waals surface area contributed by atoms with Crippen LogP contribution in [0.25, 0.3) is 6.08 Å². The van der Waals surface area contributed by atoms with Crippen molar-refractivity contribution in [3.8, 4) is 5.75 Å². The number of allylic oxidation sites excluding steroid dienone is 1. The normalized spacial score (nSPS) is 14.9. The van der Waals surface area contributed by atoms with Crippen LogP contribution in [0.15, 0.2) is 66.7 Å². The van der Waals surface area contributed by atoms with E-state index < -0.39 is 42.2 Å². The summed E-state index contributed by atoms with van der Waals surface area (Å²) in [7, 11) is 0. The lowest BCUT2D eigenvalue weighted by Gasteiger charge is -2.26. The van der Waals surface area contributed by atoms with E-state index in [1.165, 1.54) is 36.4 Å². The largest absolute Gasteiger partial charge is 0.461 e. The van der Waals surface area contributed by atoms with E-state index in [1.54, 1.807) is 6.07 Å². The maximum absolute atomic E-state index is 13.5. The SMILES string of the molecule is Cc1ccc(C(=O)NC(Cc2cccc(OC(F)(F)C(F)F)c2)C(O)c2ccc(F)cc2)c2c1CCCC=C2. The second-order valence-corrected chi connectivity index (χ2v) is 9.51. The highest BCUT2D eigenvalue weighted by Crippen LogP contribution is 2.30. The first-order valence-corrected chi connectivity index (χ1v) is 12.5. The van der Waals surface area contributed by atoms with Gasteiger partial charge in [-0.05, 0) is 90.8 Å². The molecular formula is C30H28F5NO3. The molecule has 2 N–H and O–H groups in total. The number of carbonyl (C=O) groups is 1. The molecule has 0 saturated heterocycles. The second-order valence-electron chi connectivity index (χ2n) is 9.51. The van der Waals surface area contributed by atoms with Gasteiger partial charge in [-0.15, -0.1) is 0 Å². The number of nitrogens with one attached hydrogen (secondary N) is 1. The number of fused-ring (bicyclic) bond motifs is 1. The zero-order valence-electron chi connectivity index (χ0n) is 21.1. The maximum atomic E-state index is 13.5. The summed E-state index contributed by atoms with van der Waals surface area (Å²) in [4.78, 5) is 13.5. The average Bonchev–Trinajstić information content (AvgIpc) is 3.15. The van der Waals surface area contributed by atoms with Crippen LogP contribution >= 0.6 is 0 Å². The highest BCUT2D eigenvalue weighted by molar-refractivity contribution is 5.98. The Morgan fingerprint density at radius 1 is 1.10 bits per heavy atom. The summed E-state index contributed by atoms with van der Waals surface area (Å²) in [6.07, 6.45) is -3.51. The first-order chi connectivity index (χ1) is 18.5. The molecule has 39 heavy (non-hydrogen) atoms. The standard InChI is InChI=1S/C30H28F5NO3/c1-18-10-15-25(24-9-4-2-3-8-23(18)24)28(38)36-26(27(37)20-11-13-21(31)14-12-20)17-19-6-5-7-22(16-19)39-30(34,35)29(32)33/h4-7,9-16,26-27,29,37H,2-3,8,17H2,1H3,(H,36,38). The predicted octanol–water partition coefficient (Wildman–Crippen LogP) is 6.80. The molecule has 0 spiro atoms. The Hall–Kier alpha value is -3.72. The highest BCUT2D eigenvalue weighted by atomic mass is 19.3. The van der Waals surface area contributed by atoms with Gasteiger partial charge in [0, 0.05) is 5.56 Å². The number of aryl methyl sites for hydroxylation is 1. The summed E-state index contributed by atoms with van der Waals surface area (Å²) in [5.74, 6) is -1.46. The predicted molar refractivity (Wildman–Crippen MR) is 137 cm³/mol. The van der Waals surface area contributed by atoms with Crippen LogP contribution in [0.1, 0.15) is 57.1 Å². The van der Waals surface area contributed by atoms with Crippen LogP contribution < -0.4 is 10.1 Å². The molecule has 0 aliphatic heterocycles. The maximum Gasteiger partial charge on any atom is 0.461 e. The summed E-state index contributed by atoms with van der Waals surface area (Å²) in [5, 5.41) is 14.0. The molecule has 1 aliphatic carbocycles. The van der Waals surface area contributed by atoms with Crippen molar-refractivity contribution in [2.45, 2.75) is 57.3 Å². The van der Waals surface area contributed by atoms with Crippen molar-refractivity contribution in [3.05, 3.63) is 106 Å². The van der Waals surface area contributed by atoms with E-state index in [0.29, 0.717) is 16.7 Å². The van der Waals surface area contributed by atoms with Gasteiger partial charge in [0.2, 0.25) is 0 Å². The van der Waals surface area contributed by atoms with E-state index in [9.17, 15) is 31.9 Å². The van der Waals surface area contributed by atoms with Crippen LogP contribution in [0.4, 0.5) is 22.0 Å². The van der Waals surface area contributed by atoms with Crippen molar-refractivity contribution < 1.29 is 36.6 Å². The lowest BCUT2D eigenvalue weighted by atomic mass is 9.92. The molecule has 0 bridgehead atoms. The molecule has 3 aromatic rings. The van der Waals surface area contributed by atoms with Gasteiger partial charge in [-0.3, -0.25) is 4.79 Å². The molecule has 1 aliphatic rings. The van der Waals surface area contributed by atoms with E-state index in [-0.39, 0.29) is 6.42 Å². The van der Waals surface area contributed by atoms with Gasteiger partial charge in [0.1, 0.15) is 11.6 Å². The Morgan fingerprint density at radius 3 is 2.56 bits per heavy atom. The number of amides is 1. The fraction of sp³-hybridized carbons (Fsp3) is 0.300. The number of rotatable bonds is 9. The fourth-order valence-electron chi connectivity index (χ4n) is 4.66. The zero-order valence-corrected chi connectivity index (χ0v) is 21.1. The number of ether oxygens (including phenoxy) is 1. The molecule has 3 aromatic carbocycles. The molecule has 2 atom stereocenters. The monoisotopic (exact) mass is 545 g/mol. The van der Waals surface area contributed by atoms with E-state index in [0.717, 1.165) is 48.1 Å². The van der Waals surface area contributed by atoms with Crippen molar-refractivity contribution in [2.24, 2.45) is 0 Å². The van der Waals surface area contributed by atoms with Crippen molar-refractivity contribution >= 4 is 12.0 Å². The van der Waals surface area contributed by atoms with E-state index in [1.807, 2.05) is 25.1 Å². The topological polar surface area (TPSA) is 58.6 Å². The van der Waals surface area contributed by atoms with E-state index in [4.69, 9.17) is 0 Å². The Bertz CT molecular complexity index is 1340. The number of halogens is 5. The Labute approximate surface area is 223 Å². The zero-order chi connectivity index (χ0) is 28.2. The number of hydrogen-bond acceptors (Lipinski definition) is 3. The minimum absolute atomic E-state index is 0.0639. The van der Waals surface area contributed by atoms with Crippen LogP contribution in [0.2, 0.25) is 0 Å². The number of hydrogen-bond donors (Lipinski definition) is 2. The van der Waals surface area contributed by atoms with Crippen molar-refractivity contribution in [2.75, 3.05) is 0 Å². The van der Waals surface area contributed by atoms with Crippen molar-refractivity contribution in [3.63, 3.8) is 0 Å². The van der Waals surface area contributed by atoms with Crippen molar-refractivity contribution in [1.82, 2.24) is 5.32 Å². The van der Waals surface area contributed by atoms with E-state index in [2.05, 4.69) is 10.1 Å². The van der Waals surface area contributed by atoms with Crippen LogP contribution in [0.5, 0.6) is 5.75 Å². The van der Waals surface area contributed by atoms with Gasteiger partial charge in [-0.2, -0.15) is 17.6 Å². The molecule has 0 fully saturated rings. The number of alkyl halides is 4. The number of aliphatic hydroxyl groups excluding tert-OH is 1. The quantitative estimate of drug-likeness (QED) is 0.291. The second kappa shape index (κ2) is 12.0. The van der Waals surface area contributed by atoms with E-state index >= 15 is 0 Å². The fourth-order valence-corrected chi connectivity index (χ4v) is 4.66. The van der Waals surface area contributed by atoms with Gasteiger partial charge in [0.15, 0.2) is 0 Å². The first-order valence-electron chi connectivity index (χ1n) is 12.5. The number of benzene rings is 3. The Balaban J connectivity index is 1.65. The highest BCUT2D eigenvalue weighted by Gasteiger charge is 2.44. The van der Waals surface area contributed by atoms with Crippen LogP contribution in [0.3, 0.4) is 0 Å². The summed E-state index contributed by atoms with van der Waals surface area (Å²) in [6, 6.07) is 12.8. The molecule has 4 rings (SSSR count). The molecular weight excluding hydrogens is 517 g/mol. The third-order valence-electron chi connectivity index (χ3n) is 6.69. The van der Waals surface area contributed by atoms with Gasteiger partial charge < -0.3 is 15.2 Å². The summed E-state index contributed by atoms with van der Waals surface area (Å²) < 4.78 is 69.9. The molecule has 0 aromatic heterocycles. The average molecular weight is 546 g/mol. The third kappa shape index (κ3) is 6.84. The summed E-state index contributed by atoms with van der Waals surface area (Å²) >= 11 is 0. The van der Waals surface area contributed by atoms with Gasteiger partial charge >= 0.3 is 12.5 Å². The lowest BCUT2D eigenvalue weighted by molar-refractivity contribution is -0.253. The minimum atomic E-state index is -4.68. The van der Waals surface area contributed by atoms with Gasteiger partial charge in [-0.1, -0.05) is 42.5 Å². The van der Waals surface area contributed by atoms with Gasteiger partial charge in [0.05, 0.1) is 12.1 Å². The molecule has 4 nitrogen and oxygen atoms in total. The summed E-state index contributed by atoms with van der Waals surface area (Å²) in [5.41, 5.74) is 4.00. The van der Waals surface area contributed by atoms with Gasteiger partial charge in [-0.25, -0.2) is 4.39 Å². The molecule has 0 radical (unpaired) electrons. The smallest absolute Gasteiger partial charge is 0.428 e. The molecule has 0 saturated carbocycles. The molecule has 9 heteroatoms. The molecule has 206 valence electrons. The van der Waals surface area contributed by atoms with Crippen LogP contribution in [0, 0.1) is 12.7 Å². The third-order valence-corrected chi connectivity index (χ3v) is 6.69. The number of aliphatic hydroxyl groups is 1. The van der Waals surface area contributed by atoms with Crippen LogP contribution in [-0.4, -0.2) is 29.6 Å². The molecule has 2 unspecified atom stereocenters. The Kier molecular flexibility index (Phi) is 8.70. The number of carbonyl (C=O) groups excluding carboxylic acids is 1. The van der Waals surface area contributed by atoms with Crippen LogP contribution in [-0.2, 0) is 12.8 Å². The first kappa shape index (κ1) is 28.3. The molecule has 1 amide bonds. The minimum Gasteiger partial charge on any atom is -0.428 e. The lowest BCUT2D eigenvalue weighted by Crippen LogP contribution is -2.41. The Morgan fingerprint density at radius 2 is 1.85 bits per heavy atom. The van der Waals surface area contributed by atoms with Gasteiger partial charge in [0.25, 0.3) is 5.91 Å². The molecule has 0 heterocycles. The summed E-state index contributed by atoms with van der Waals surface area (Å²) in [6.45, 7) is 1.98. The van der Waals surface area contributed by atoms with Crippen molar-refractivity contribution in [1.29, 1.82) is 0 Å².